The minimum atomic E-state index is -4.93. The number of hydrogen-bond donors (Lipinski definition) is 0. The van der Waals surface area contributed by atoms with E-state index in [0.717, 1.165) is 6.07 Å². The van der Waals surface area contributed by atoms with Crippen molar-refractivity contribution in [3.63, 3.8) is 0 Å². The molecule has 0 aliphatic heterocycles. The molecule has 2 nitrogen and oxygen atoms in total. The lowest BCUT2D eigenvalue weighted by Crippen LogP contribution is -2.31. The van der Waals surface area contributed by atoms with Crippen LogP contribution in [0.1, 0.15) is 26.3 Å². The molecule has 0 bridgehead atoms. The Morgan fingerprint density at radius 1 is 1.10 bits per heavy atom. The SMILES string of the molecule is CC(C)(C)[S+]([O-])N=C(c1ccc(F)c(F)c1)C(F)(F)F. The van der Waals surface area contributed by atoms with Crippen LogP contribution in [0, 0.1) is 11.6 Å². The van der Waals surface area contributed by atoms with Gasteiger partial charge in [0, 0.05) is 5.56 Å². The second-order valence-corrected chi connectivity index (χ2v) is 6.83. The first-order valence-corrected chi connectivity index (χ1v) is 6.57. The smallest absolute Gasteiger partial charge is 0.438 e. The van der Waals surface area contributed by atoms with Crippen molar-refractivity contribution in [2.24, 2.45) is 4.40 Å². The Hall–Kier alpha value is -1.15. The van der Waals surface area contributed by atoms with Gasteiger partial charge in [0.1, 0.15) is 16.1 Å². The molecule has 20 heavy (non-hydrogen) atoms. The lowest BCUT2D eigenvalue weighted by Gasteiger charge is -2.20. The van der Waals surface area contributed by atoms with E-state index in [1.165, 1.54) is 20.8 Å². The van der Waals surface area contributed by atoms with Crippen LogP contribution in [-0.4, -0.2) is 21.2 Å². The van der Waals surface area contributed by atoms with E-state index in [1.54, 1.807) is 0 Å². The Labute approximate surface area is 116 Å². The zero-order valence-corrected chi connectivity index (χ0v) is 11.7. The van der Waals surface area contributed by atoms with Crippen LogP contribution in [0.5, 0.6) is 0 Å². The van der Waals surface area contributed by atoms with Crippen molar-refractivity contribution in [1.29, 1.82) is 0 Å². The highest BCUT2D eigenvalue weighted by Gasteiger charge is 2.41. The molecule has 1 aromatic rings. The summed E-state index contributed by atoms with van der Waals surface area (Å²) in [6.07, 6.45) is -4.93. The van der Waals surface area contributed by atoms with Crippen LogP contribution in [0.3, 0.4) is 0 Å². The lowest BCUT2D eigenvalue weighted by molar-refractivity contribution is -0.0578. The maximum absolute atomic E-state index is 13.0. The summed E-state index contributed by atoms with van der Waals surface area (Å²) in [5.41, 5.74) is -2.17. The quantitative estimate of drug-likeness (QED) is 0.465. The summed E-state index contributed by atoms with van der Waals surface area (Å²) in [4.78, 5) is 0. The van der Waals surface area contributed by atoms with Gasteiger partial charge in [-0.05, 0) is 39.0 Å². The average molecular weight is 313 g/mol. The molecular formula is C12H12F5NOS. The van der Waals surface area contributed by atoms with Crippen molar-refractivity contribution in [3.8, 4) is 0 Å². The molecule has 0 saturated carbocycles. The first kappa shape index (κ1) is 16.9. The van der Waals surface area contributed by atoms with E-state index in [1.807, 2.05) is 0 Å². The molecule has 1 aromatic carbocycles. The summed E-state index contributed by atoms with van der Waals surface area (Å²) in [5.74, 6) is -2.70. The van der Waals surface area contributed by atoms with Gasteiger partial charge in [0.2, 0.25) is 5.71 Å². The van der Waals surface area contributed by atoms with E-state index in [0.29, 0.717) is 12.1 Å². The third-order valence-electron chi connectivity index (χ3n) is 2.16. The summed E-state index contributed by atoms with van der Waals surface area (Å²) in [5, 5.41) is 0. The van der Waals surface area contributed by atoms with Crippen LogP contribution in [0.15, 0.2) is 22.6 Å². The highest BCUT2D eigenvalue weighted by Crippen LogP contribution is 2.27. The Bertz CT molecular complexity index is 522. The molecule has 0 radical (unpaired) electrons. The molecule has 0 aromatic heterocycles. The van der Waals surface area contributed by atoms with Crippen LogP contribution < -0.4 is 0 Å². The Kier molecular flexibility index (Phi) is 4.81. The normalized spacial score (nSPS) is 15.3. The van der Waals surface area contributed by atoms with Gasteiger partial charge < -0.3 is 4.55 Å². The number of halogens is 5. The molecule has 0 saturated heterocycles. The first-order chi connectivity index (χ1) is 8.93. The predicted molar refractivity (Wildman–Crippen MR) is 66.8 cm³/mol. The molecule has 0 fully saturated rings. The molecule has 0 spiro atoms. The third kappa shape index (κ3) is 4.17. The molecule has 1 atom stereocenters. The molecule has 0 amide bonds. The van der Waals surface area contributed by atoms with E-state index in [4.69, 9.17) is 0 Å². The van der Waals surface area contributed by atoms with Gasteiger partial charge in [0.05, 0.1) is 0 Å². The minimum Gasteiger partial charge on any atom is -0.591 e. The van der Waals surface area contributed by atoms with Gasteiger partial charge in [-0.1, -0.05) is 4.40 Å². The second kappa shape index (κ2) is 5.69. The van der Waals surface area contributed by atoms with Crippen LogP contribution in [0.25, 0.3) is 0 Å². The molecule has 1 rings (SSSR count). The Balaban J connectivity index is 3.34. The number of benzene rings is 1. The molecule has 112 valence electrons. The first-order valence-electron chi connectivity index (χ1n) is 5.46. The van der Waals surface area contributed by atoms with Gasteiger partial charge in [0.15, 0.2) is 11.6 Å². The van der Waals surface area contributed by atoms with Crippen molar-refractivity contribution in [1.82, 2.24) is 0 Å². The number of alkyl halides is 3. The fourth-order valence-electron chi connectivity index (χ4n) is 1.13. The molecule has 8 heteroatoms. The number of nitrogens with zero attached hydrogens (tertiary/aromatic N) is 1. The summed E-state index contributed by atoms with van der Waals surface area (Å²) >= 11 is -2.17. The monoisotopic (exact) mass is 313 g/mol. The van der Waals surface area contributed by atoms with E-state index in [-0.39, 0.29) is 0 Å². The van der Waals surface area contributed by atoms with Crippen LogP contribution >= 0.6 is 0 Å². The van der Waals surface area contributed by atoms with Crippen molar-refractivity contribution in [2.45, 2.75) is 31.7 Å². The minimum absolute atomic E-state index is 0.377. The summed E-state index contributed by atoms with van der Waals surface area (Å²) in [6.45, 7) is 4.35. The van der Waals surface area contributed by atoms with Gasteiger partial charge in [0.25, 0.3) is 0 Å². The van der Waals surface area contributed by atoms with Gasteiger partial charge in [-0.25, -0.2) is 8.78 Å². The second-order valence-electron chi connectivity index (χ2n) is 4.93. The summed E-state index contributed by atoms with van der Waals surface area (Å²) in [6, 6.07) is 1.68. The largest absolute Gasteiger partial charge is 0.591 e. The van der Waals surface area contributed by atoms with Crippen molar-refractivity contribution in [3.05, 3.63) is 35.4 Å². The summed E-state index contributed by atoms with van der Waals surface area (Å²) in [7, 11) is 0. The third-order valence-corrected chi connectivity index (χ3v) is 3.56. The van der Waals surface area contributed by atoms with Gasteiger partial charge >= 0.3 is 6.18 Å². The van der Waals surface area contributed by atoms with Gasteiger partial charge in [-0.3, -0.25) is 0 Å². The molecule has 0 aliphatic carbocycles. The molecule has 0 heterocycles. The molecule has 0 aliphatic rings. The van der Waals surface area contributed by atoms with Crippen LogP contribution in [0.2, 0.25) is 0 Å². The average Bonchev–Trinajstić information content (AvgIpc) is 2.26. The van der Waals surface area contributed by atoms with E-state index in [9.17, 15) is 26.5 Å². The van der Waals surface area contributed by atoms with Crippen LogP contribution in [-0.2, 0) is 11.4 Å². The fraction of sp³-hybridized carbons (Fsp3) is 0.417. The molecule has 0 N–H and O–H groups in total. The van der Waals surface area contributed by atoms with E-state index >= 15 is 0 Å². The standard InChI is InChI=1S/C12H12F5NOS/c1-11(2,3)20(19)18-10(12(15,16)17)7-4-5-8(13)9(14)6-7/h4-6H,1-3H3. The molecular weight excluding hydrogens is 301 g/mol. The Morgan fingerprint density at radius 2 is 1.65 bits per heavy atom. The van der Waals surface area contributed by atoms with Crippen LogP contribution in [0.4, 0.5) is 22.0 Å². The molecule has 1 unspecified atom stereocenters. The highest BCUT2D eigenvalue weighted by atomic mass is 32.2. The lowest BCUT2D eigenvalue weighted by atomic mass is 10.1. The Morgan fingerprint density at radius 3 is 2.05 bits per heavy atom. The topological polar surface area (TPSA) is 35.4 Å². The zero-order chi connectivity index (χ0) is 15.7. The van der Waals surface area contributed by atoms with Crippen molar-refractivity contribution >= 4 is 17.1 Å². The van der Waals surface area contributed by atoms with Crippen molar-refractivity contribution in [2.75, 3.05) is 0 Å². The number of rotatable bonds is 2. The van der Waals surface area contributed by atoms with E-state index in [2.05, 4.69) is 4.40 Å². The fourth-order valence-corrected chi connectivity index (χ4v) is 1.78. The maximum Gasteiger partial charge on any atom is 0.438 e. The zero-order valence-electron chi connectivity index (χ0n) is 10.9. The van der Waals surface area contributed by atoms with Crippen molar-refractivity contribution < 1.29 is 26.5 Å². The number of hydrogen-bond acceptors (Lipinski definition) is 2. The maximum atomic E-state index is 13.0. The van der Waals surface area contributed by atoms with Gasteiger partial charge in [-0.2, -0.15) is 13.2 Å². The summed E-state index contributed by atoms with van der Waals surface area (Å²) < 4.78 is 78.3. The predicted octanol–water partition coefficient (Wildman–Crippen LogP) is 3.78. The van der Waals surface area contributed by atoms with E-state index < -0.39 is 45.2 Å². The van der Waals surface area contributed by atoms with Gasteiger partial charge in [-0.15, -0.1) is 0 Å². The highest BCUT2D eigenvalue weighted by molar-refractivity contribution is 7.91.